The lowest BCUT2D eigenvalue weighted by molar-refractivity contribution is -0.135. The smallest absolute Gasteiger partial charge is 0.275 e. The van der Waals surface area contributed by atoms with Gasteiger partial charge in [-0.25, -0.2) is 4.98 Å². The third-order valence-electron chi connectivity index (χ3n) is 4.66. The molecule has 0 radical (unpaired) electrons. The first-order chi connectivity index (χ1) is 13.6. The normalized spacial score (nSPS) is 14.4. The maximum atomic E-state index is 12.5. The van der Waals surface area contributed by atoms with Crippen molar-refractivity contribution >= 4 is 39.7 Å². The molecule has 3 N–H and O–H groups in total. The molecule has 9 heteroatoms. The molecular formula is C19H21N5O3S. The Bertz CT molecular complexity index is 1010. The summed E-state index contributed by atoms with van der Waals surface area (Å²) in [7, 11) is 0. The van der Waals surface area contributed by atoms with Gasteiger partial charge in [0.15, 0.2) is 0 Å². The predicted molar refractivity (Wildman–Crippen MR) is 107 cm³/mol. The molecule has 0 bridgehead atoms. The number of hydrogen-bond donors (Lipinski definition) is 2. The van der Waals surface area contributed by atoms with Gasteiger partial charge in [-0.3, -0.25) is 9.59 Å². The summed E-state index contributed by atoms with van der Waals surface area (Å²) in [4.78, 5) is 30.8. The largest absolute Gasteiger partial charge is 0.378 e. The molecule has 0 unspecified atom stereocenters. The van der Waals surface area contributed by atoms with Gasteiger partial charge in [-0.2, -0.15) is 0 Å². The summed E-state index contributed by atoms with van der Waals surface area (Å²) in [6, 6.07) is 7.56. The lowest BCUT2D eigenvalue weighted by Crippen LogP contribution is -2.42. The molecule has 1 aliphatic heterocycles. The van der Waals surface area contributed by atoms with Crippen LogP contribution in [0.1, 0.15) is 15.5 Å². The highest BCUT2D eigenvalue weighted by Crippen LogP contribution is 2.22. The Morgan fingerprint density at radius 2 is 2.07 bits per heavy atom. The number of anilines is 1. The van der Waals surface area contributed by atoms with Gasteiger partial charge in [-0.15, -0.1) is 11.3 Å². The molecule has 4 rings (SSSR count). The fourth-order valence-corrected chi connectivity index (χ4v) is 3.83. The number of hydrogen-bond acceptors (Lipinski definition) is 6. The summed E-state index contributed by atoms with van der Waals surface area (Å²) in [5.41, 5.74) is 7.52. The molecule has 1 saturated heterocycles. The molecule has 0 saturated carbocycles. The molecule has 146 valence electrons. The van der Waals surface area contributed by atoms with E-state index in [1.165, 1.54) is 11.3 Å². The number of ether oxygens (including phenoxy) is 1. The van der Waals surface area contributed by atoms with Crippen LogP contribution in [0.25, 0.3) is 10.9 Å². The molecule has 1 aliphatic rings. The lowest BCUT2D eigenvalue weighted by Gasteiger charge is -2.27. The third-order valence-corrected chi connectivity index (χ3v) is 5.53. The van der Waals surface area contributed by atoms with Crippen molar-refractivity contribution in [2.45, 2.75) is 13.1 Å². The van der Waals surface area contributed by atoms with E-state index in [4.69, 9.17) is 10.5 Å². The number of carbonyl (C=O) groups excluding carboxylic acids is 2. The number of thiazole rings is 1. The molecule has 0 aliphatic carbocycles. The number of carbonyl (C=O) groups is 2. The summed E-state index contributed by atoms with van der Waals surface area (Å²) in [5, 5.41) is 6.23. The van der Waals surface area contributed by atoms with Crippen LogP contribution < -0.4 is 11.1 Å². The Morgan fingerprint density at radius 3 is 2.82 bits per heavy atom. The number of nitrogens with one attached hydrogen (secondary N) is 1. The van der Waals surface area contributed by atoms with Gasteiger partial charge in [0.25, 0.3) is 5.91 Å². The Morgan fingerprint density at radius 1 is 1.25 bits per heavy atom. The third kappa shape index (κ3) is 3.91. The molecule has 0 spiro atoms. The van der Waals surface area contributed by atoms with Crippen molar-refractivity contribution < 1.29 is 14.3 Å². The Kier molecular flexibility index (Phi) is 5.38. The van der Waals surface area contributed by atoms with Crippen LogP contribution in [0.4, 0.5) is 5.69 Å². The molecular weight excluding hydrogens is 378 g/mol. The molecule has 1 fully saturated rings. The van der Waals surface area contributed by atoms with E-state index < -0.39 is 0 Å². The highest BCUT2D eigenvalue weighted by Gasteiger charge is 2.18. The van der Waals surface area contributed by atoms with E-state index in [9.17, 15) is 9.59 Å². The average Bonchev–Trinajstić information content (AvgIpc) is 3.36. The first kappa shape index (κ1) is 18.6. The Labute approximate surface area is 165 Å². The second-order valence-corrected chi connectivity index (χ2v) is 7.44. The first-order valence-corrected chi connectivity index (χ1v) is 9.92. The van der Waals surface area contributed by atoms with Crippen LogP contribution in [0, 0.1) is 0 Å². The predicted octanol–water partition coefficient (Wildman–Crippen LogP) is 1.67. The first-order valence-electron chi connectivity index (χ1n) is 9.04. The maximum Gasteiger partial charge on any atom is 0.275 e. The quantitative estimate of drug-likeness (QED) is 0.679. The minimum atomic E-state index is -0.266. The van der Waals surface area contributed by atoms with Gasteiger partial charge >= 0.3 is 0 Å². The van der Waals surface area contributed by atoms with E-state index in [2.05, 4.69) is 10.3 Å². The molecule has 28 heavy (non-hydrogen) atoms. The fraction of sp³-hybridized carbons (Fsp3) is 0.316. The second kappa shape index (κ2) is 8.09. The minimum absolute atomic E-state index is 0.0809. The number of rotatable bonds is 5. The number of aromatic nitrogens is 2. The summed E-state index contributed by atoms with van der Waals surface area (Å²) in [6.07, 6.45) is 1.89. The highest BCUT2D eigenvalue weighted by molar-refractivity contribution is 7.09. The summed E-state index contributed by atoms with van der Waals surface area (Å²) >= 11 is 1.37. The molecule has 0 atom stereocenters. The van der Waals surface area contributed by atoms with Gasteiger partial charge in [0.2, 0.25) is 5.91 Å². The van der Waals surface area contributed by atoms with E-state index in [1.807, 2.05) is 39.9 Å². The fourth-order valence-electron chi connectivity index (χ4n) is 3.18. The van der Waals surface area contributed by atoms with Gasteiger partial charge in [-0.05, 0) is 24.3 Å². The monoisotopic (exact) mass is 399 g/mol. The van der Waals surface area contributed by atoms with Gasteiger partial charge in [0.05, 0.1) is 13.2 Å². The van der Waals surface area contributed by atoms with Crippen LogP contribution >= 0.6 is 11.3 Å². The molecule has 3 heterocycles. The number of nitrogens with zero attached hydrogens (tertiary/aromatic N) is 3. The zero-order valence-corrected chi connectivity index (χ0v) is 16.1. The number of amides is 2. The van der Waals surface area contributed by atoms with Crippen LogP contribution in [-0.4, -0.2) is 52.6 Å². The SMILES string of the molecule is NCc1nc(C(=O)Nc2ccc3c(ccn3CC(=O)N3CCOCC3)c2)cs1. The standard InChI is InChI=1S/C19H21N5O3S/c20-10-17-22-15(12-28-17)19(26)21-14-1-2-16-13(9-14)3-4-24(16)11-18(25)23-5-7-27-8-6-23/h1-4,9,12H,5-8,10-11,20H2,(H,21,26). The Hall–Kier alpha value is -2.75. The number of nitrogens with two attached hydrogens (primary N) is 1. The van der Waals surface area contributed by atoms with E-state index in [-0.39, 0.29) is 18.4 Å². The van der Waals surface area contributed by atoms with Crippen LogP contribution in [0.15, 0.2) is 35.8 Å². The minimum Gasteiger partial charge on any atom is -0.378 e. The molecule has 3 aromatic rings. The molecule has 2 aromatic heterocycles. The Balaban J connectivity index is 1.46. The lowest BCUT2D eigenvalue weighted by atomic mass is 10.2. The maximum absolute atomic E-state index is 12.5. The van der Waals surface area contributed by atoms with E-state index in [0.717, 1.165) is 15.9 Å². The molecule has 2 amide bonds. The highest BCUT2D eigenvalue weighted by atomic mass is 32.1. The van der Waals surface area contributed by atoms with Crippen molar-refractivity contribution in [2.75, 3.05) is 31.6 Å². The van der Waals surface area contributed by atoms with Crippen molar-refractivity contribution in [1.29, 1.82) is 0 Å². The van der Waals surface area contributed by atoms with Crippen molar-refractivity contribution in [3.8, 4) is 0 Å². The van der Waals surface area contributed by atoms with Crippen LogP contribution in [0.2, 0.25) is 0 Å². The van der Waals surface area contributed by atoms with E-state index >= 15 is 0 Å². The van der Waals surface area contributed by atoms with Gasteiger partial charge in [0, 0.05) is 47.8 Å². The average molecular weight is 399 g/mol. The van der Waals surface area contributed by atoms with Crippen molar-refractivity contribution in [1.82, 2.24) is 14.5 Å². The number of fused-ring (bicyclic) bond motifs is 1. The number of benzene rings is 1. The van der Waals surface area contributed by atoms with Crippen LogP contribution in [-0.2, 0) is 22.6 Å². The van der Waals surface area contributed by atoms with Crippen molar-refractivity contribution in [2.24, 2.45) is 5.73 Å². The zero-order valence-electron chi connectivity index (χ0n) is 15.3. The van der Waals surface area contributed by atoms with Crippen LogP contribution in [0.3, 0.4) is 0 Å². The second-order valence-electron chi connectivity index (χ2n) is 6.50. The van der Waals surface area contributed by atoms with Crippen molar-refractivity contribution in [3.05, 3.63) is 46.5 Å². The van der Waals surface area contributed by atoms with Crippen LogP contribution in [0.5, 0.6) is 0 Å². The number of morpholine rings is 1. The summed E-state index contributed by atoms with van der Waals surface area (Å²) in [6.45, 7) is 3.06. The topological polar surface area (TPSA) is 102 Å². The van der Waals surface area contributed by atoms with Gasteiger partial charge in [0.1, 0.15) is 17.2 Å². The van der Waals surface area contributed by atoms with Crippen molar-refractivity contribution in [3.63, 3.8) is 0 Å². The molecule has 1 aromatic carbocycles. The van der Waals surface area contributed by atoms with E-state index in [1.54, 1.807) is 5.38 Å². The van der Waals surface area contributed by atoms with Gasteiger partial charge in [-0.1, -0.05) is 0 Å². The van der Waals surface area contributed by atoms with Gasteiger partial charge < -0.3 is 25.3 Å². The summed E-state index contributed by atoms with van der Waals surface area (Å²) < 4.78 is 7.22. The van der Waals surface area contributed by atoms with E-state index in [0.29, 0.717) is 44.2 Å². The molecule has 8 nitrogen and oxygen atoms in total. The summed E-state index contributed by atoms with van der Waals surface area (Å²) in [5.74, 6) is -0.186. The zero-order chi connectivity index (χ0) is 19.5.